The highest BCUT2D eigenvalue weighted by Gasteiger charge is 2.69. The van der Waals surface area contributed by atoms with Crippen molar-refractivity contribution in [2.45, 2.75) is 64.9 Å². The fraction of sp³-hybridized carbons (Fsp3) is 0.783. The smallest absolute Gasteiger partial charge is 0.245 e. The van der Waals surface area contributed by atoms with Gasteiger partial charge in [0.1, 0.15) is 18.0 Å². The van der Waals surface area contributed by atoms with Crippen LogP contribution in [0.5, 0.6) is 0 Å². The van der Waals surface area contributed by atoms with Gasteiger partial charge in [-0.15, -0.1) is 0 Å². The molecule has 0 heterocycles. The van der Waals surface area contributed by atoms with E-state index in [1.165, 1.54) is 6.08 Å². The van der Waals surface area contributed by atoms with Gasteiger partial charge in [0.15, 0.2) is 11.6 Å². The molecule has 0 aliphatic heterocycles. The number of ketones is 3. The fourth-order valence-corrected chi connectivity index (χ4v) is 7.71. The summed E-state index contributed by atoms with van der Waals surface area (Å²) in [7, 11) is 0. The Balaban J connectivity index is 1.83. The van der Waals surface area contributed by atoms with Crippen molar-refractivity contribution in [3.05, 3.63) is 11.6 Å². The number of alkyl halides is 2. The molecule has 0 aromatic carbocycles. The van der Waals surface area contributed by atoms with Crippen LogP contribution in [0.1, 0.15) is 52.9 Å². The lowest BCUT2D eigenvalue weighted by Crippen LogP contribution is -2.62. The average Bonchev–Trinajstić information content (AvgIpc) is 2.93. The second kappa shape index (κ2) is 6.76. The van der Waals surface area contributed by atoms with Crippen molar-refractivity contribution in [2.75, 3.05) is 6.61 Å². The zero-order chi connectivity index (χ0) is 22.2. The van der Waals surface area contributed by atoms with E-state index in [-0.39, 0.29) is 42.7 Å². The molecule has 2 N–H and O–H groups in total. The molecule has 4 aliphatic rings. The summed E-state index contributed by atoms with van der Waals surface area (Å²) in [6, 6.07) is 0. The number of hydrogen-bond acceptors (Lipinski definition) is 5. The highest BCUT2D eigenvalue weighted by atomic mass is 19.3. The molecule has 3 saturated carbocycles. The van der Waals surface area contributed by atoms with Crippen LogP contribution < -0.4 is 0 Å². The predicted octanol–water partition coefficient (Wildman–Crippen LogP) is 2.73. The maximum absolute atomic E-state index is 14.1. The molecule has 0 aromatic rings. The second-order valence-electron chi connectivity index (χ2n) is 10.5. The number of aliphatic hydroxyl groups excluding tert-OH is 1. The van der Waals surface area contributed by atoms with Gasteiger partial charge in [0.25, 0.3) is 0 Å². The summed E-state index contributed by atoms with van der Waals surface area (Å²) in [5.74, 6) is -3.61. The molecule has 30 heavy (non-hydrogen) atoms. The first-order chi connectivity index (χ1) is 13.9. The van der Waals surface area contributed by atoms with Gasteiger partial charge < -0.3 is 10.2 Å². The van der Waals surface area contributed by atoms with Gasteiger partial charge >= 0.3 is 0 Å². The van der Waals surface area contributed by atoms with Gasteiger partial charge in [-0.2, -0.15) is 0 Å². The number of carbonyl (C=O) groups is 3. The van der Waals surface area contributed by atoms with Gasteiger partial charge in [0.2, 0.25) is 6.43 Å². The Bertz CT molecular complexity index is 837. The van der Waals surface area contributed by atoms with Crippen LogP contribution in [0.15, 0.2) is 11.6 Å². The van der Waals surface area contributed by atoms with Crippen LogP contribution in [0.4, 0.5) is 8.78 Å². The Morgan fingerprint density at radius 3 is 2.57 bits per heavy atom. The number of halogens is 2. The number of allylic oxidation sites excluding steroid dienone is 1. The Morgan fingerprint density at radius 1 is 1.30 bits per heavy atom. The summed E-state index contributed by atoms with van der Waals surface area (Å²) in [4.78, 5) is 38.3. The number of hydrogen-bond donors (Lipinski definition) is 2. The van der Waals surface area contributed by atoms with Crippen molar-refractivity contribution < 1.29 is 33.4 Å². The minimum absolute atomic E-state index is 0.0222. The highest BCUT2D eigenvalue weighted by molar-refractivity contribution is 5.95. The van der Waals surface area contributed by atoms with E-state index in [0.29, 0.717) is 18.4 Å². The molecule has 166 valence electrons. The summed E-state index contributed by atoms with van der Waals surface area (Å²) in [5, 5.41) is 20.6. The Morgan fingerprint density at radius 2 is 1.97 bits per heavy atom. The first-order valence-corrected chi connectivity index (χ1v) is 10.8. The monoisotopic (exact) mass is 424 g/mol. The summed E-state index contributed by atoms with van der Waals surface area (Å²) < 4.78 is 28.3. The SMILES string of the molecule is C[C@@H]1C[C@@]2(C)C(=CC1=O)[C@@H](C(F)F)C[C@@H]1[C@@H]2C(=O)C[C@@]2(C)[C@H]1CC[C@]2(O)C(=O)CO. The van der Waals surface area contributed by atoms with E-state index >= 15 is 0 Å². The van der Waals surface area contributed by atoms with E-state index < -0.39 is 53.0 Å². The van der Waals surface area contributed by atoms with Crippen LogP contribution in [0.3, 0.4) is 0 Å². The van der Waals surface area contributed by atoms with Crippen molar-refractivity contribution in [1.29, 1.82) is 0 Å². The zero-order valence-electron chi connectivity index (χ0n) is 17.7. The van der Waals surface area contributed by atoms with Crippen molar-refractivity contribution >= 4 is 17.3 Å². The van der Waals surface area contributed by atoms with E-state index in [1.807, 2.05) is 6.92 Å². The molecule has 0 saturated heterocycles. The minimum Gasteiger partial charge on any atom is -0.388 e. The number of rotatable bonds is 3. The molecule has 0 unspecified atom stereocenters. The lowest BCUT2D eigenvalue weighted by atomic mass is 9.43. The summed E-state index contributed by atoms with van der Waals surface area (Å²) >= 11 is 0. The first-order valence-electron chi connectivity index (χ1n) is 10.8. The van der Waals surface area contributed by atoms with E-state index in [1.54, 1.807) is 13.8 Å². The quantitative estimate of drug-likeness (QED) is 0.727. The Hall–Kier alpha value is -1.47. The molecular formula is C23H30F2O5. The van der Waals surface area contributed by atoms with Crippen molar-refractivity contribution in [1.82, 2.24) is 0 Å². The third-order valence-corrected chi connectivity index (χ3v) is 9.11. The predicted molar refractivity (Wildman–Crippen MR) is 104 cm³/mol. The van der Waals surface area contributed by atoms with E-state index in [9.17, 15) is 33.4 Å². The van der Waals surface area contributed by atoms with Crippen LogP contribution in [-0.4, -0.2) is 46.2 Å². The van der Waals surface area contributed by atoms with Gasteiger partial charge in [-0.3, -0.25) is 14.4 Å². The molecule has 3 fully saturated rings. The molecule has 7 heteroatoms. The number of Topliss-reactive ketones (excluding diaryl/α,β-unsaturated/α-hetero) is 2. The molecule has 0 bridgehead atoms. The van der Waals surface area contributed by atoms with E-state index in [2.05, 4.69) is 0 Å². The van der Waals surface area contributed by atoms with E-state index in [4.69, 9.17) is 0 Å². The summed E-state index contributed by atoms with van der Waals surface area (Å²) in [5.41, 5.74) is -3.32. The van der Waals surface area contributed by atoms with Crippen LogP contribution in [0.2, 0.25) is 0 Å². The highest BCUT2D eigenvalue weighted by Crippen LogP contribution is 2.68. The standard InChI is InChI=1S/C23H30F2O5/c1-11-8-21(2)15(7-16(11)27)13(20(24)25)6-12-14-4-5-23(30,18(29)10-26)22(14,3)9-17(28)19(12)21/h7,11-14,19-20,26,30H,4-6,8-10H2,1-3H3/t11-,12+,13+,14+,19-,21+,22+,23+/m1/s1. The van der Waals surface area contributed by atoms with Crippen molar-refractivity contribution in [3.8, 4) is 0 Å². The largest absolute Gasteiger partial charge is 0.388 e. The van der Waals surface area contributed by atoms with Crippen molar-refractivity contribution in [2.24, 2.45) is 40.4 Å². The van der Waals surface area contributed by atoms with Gasteiger partial charge in [0.05, 0.1) is 0 Å². The molecule has 0 spiro atoms. The van der Waals surface area contributed by atoms with Gasteiger partial charge in [-0.05, 0) is 49.0 Å². The molecule has 8 atom stereocenters. The molecule has 0 aromatic heterocycles. The number of aliphatic hydroxyl groups is 2. The molecule has 0 amide bonds. The van der Waals surface area contributed by atoms with Gasteiger partial charge in [0, 0.05) is 29.6 Å². The molecule has 0 radical (unpaired) electrons. The summed E-state index contributed by atoms with van der Waals surface area (Å²) in [6.45, 7) is 4.50. The lowest BCUT2D eigenvalue weighted by Gasteiger charge is -2.59. The van der Waals surface area contributed by atoms with Crippen LogP contribution in [0.25, 0.3) is 0 Å². The number of carbonyl (C=O) groups excluding carboxylic acids is 3. The lowest BCUT2D eigenvalue weighted by molar-refractivity contribution is -0.173. The van der Waals surface area contributed by atoms with Gasteiger partial charge in [-0.1, -0.05) is 26.3 Å². The first kappa shape index (κ1) is 21.8. The van der Waals surface area contributed by atoms with Crippen molar-refractivity contribution in [3.63, 3.8) is 0 Å². The molecular weight excluding hydrogens is 394 g/mol. The average molecular weight is 424 g/mol. The minimum atomic E-state index is -2.65. The van der Waals surface area contributed by atoms with Crippen LogP contribution >= 0.6 is 0 Å². The van der Waals surface area contributed by atoms with E-state index in [0.717, 1.165) is 0 Å². The topological polar surface area (TPSA) is 91.7 Å². The Labute approximate surface area is 174 Å². The van der Waals surface area contributed by atoms with Crippen LogP contribution in [-0.2, 0) is 14.4 Å². The maximum atomic E-state index is 14.1. The zero-order valence-corrected chi connectivity index (χ0v) is 17.7. The number of fused-ring (bicyclic) bond motifs is 5. The second-order valence-corrected chi connectivity index (χ2v) is 10.5. The fourth-order valence-electron chi connectivity index (χ4n) is 7.71. The third kappa shape index (κ3) is 2.60. The summed E-state index contributed by atoms with van der Waals surface area (Å²) in [6.07, 6.45) is -0.309. The third-order valence-electron chi connectivity index (χ3n) is 9.11. The molecule has 5 nitrogen and oxygen atoms in total. The van der Waals surface area contributed by atoms with Crippen LogP contribution in [0, 0.1) is 40.4 Å². The molecule has 4 rings (SSSR count). The van der Waals surface area contributed by atoms with Gasteiger partial charge in [-0.25, -0.2) is 8.78 Å². The Kier molecular flexibility index (Phi) is 4.90. The molecule has 4 aliphatic carbocycles. The normalized spacial score (nSPS) is 48.1. The maximum Gasteiger partial charge on any atom is 0.245 e.